The fourth-order valence-electron chi connectivity index (χ4n) is 1.62. The van der Waals surface area contributed by atoms with Gasteiger partial charge in [0.1, 0.15) is 0 Å². The van der Waals surface area contributed by atoms with Crippen LogP contribution in [0.1, 0.15) is 26.5 Å². The van der Waals surface area contributed by atoms with Crippen molar-refractivity contribution in [2.45, 2.75) is 27.2 Å². The van der Waals surface area contributed by atoms with Gasteiger partial charge in [-0.1, -0.05) is 20.8 Å². The molecule has 16 heavy (non-hydrogen) atoms. The number of hydrogen-bond donors (Lipinski definition) is 0. The summed E-state index contributed by atoms with van der Waals surface area (Å²) in [6, 6.07) is 6.03. The van der Waals surface area contributed by atoms with Crippen LogP contribution in [0.4, 0.5) is 0 Å². The first-order chi connectivity index (χ1) is 7.54. The van der Waals surface area contributed by atoms with Crippen molar-refractivity contribution in [2.24, 2.45) is 5.41 Å². The molecule has 2 aromatic heterocycles. The quantitative estimate of drug-likeness (QED) is 0.771. The second kappa shape index (κ2) is 4.08. The predicted molar refractivity (Wildman–Crippen MR) is 64.5 cm³/mol. The van der Waals surface area contributed by atoms with Crippen LogP contribution in [-0.4, -0.2) is 14.8 Å². The molecule has 0 aliphatic rings. The van der Waals surface area contributed by atoms with E-state index in [9.17, 15) is 0 Å². The van der Waals surface area contributed by atoms with E-state index in [2.05, 4.69) is 43.0 Å². The molecule has 0 spiro atoms. The van der Waals surface area contributed by atoms with Crippen LogP contribution in [0, 0.1) is 5.41 Å². The Morgan fingerprint density at radius 2 is 2.06 bits per heavy atom. The van der Waals surface area contributed by atoms with Gasteiger partial charge in [-0.15, -0.1) is 0 Å². The molecule has 3 heteroatoms. The van der Waals surface area contributed by atoms with Gasteiger partial charge < -0.3 is 0 Å². The maximum Gasteiger partial charge on any atom is 0.0828 e. The summed E-state index contributed by atoms with van der Waals surface area (Å²) in [4.78, 5) is 4.46. The molecule has 0 aromatic carbocycles. The average molecular weight is 215 g/mol. The summed E-state index contributed by atoms with van der Waals surface area (Å²) in [6.07, 6.45) is 6.55. The van der Waals surface area contributed by atoms with Crippen LogP contribution in [0.15, 0.2) is 36.8 Å². The number of aromatic nitrogens is 3. The summed E-state index contributed by atoms with van der Waals surface area (Å²) >= 11 is 0. The van der Waals surface area contributed by atoms with E-state index >= 15 is 0 Å². The molecule has 0 radical (unpaired) electrons. The molecule has 2 heterocycles. The van der Waals surface area contributed by atoms with Crippen LogP contribution in [0.2, 0.25) is 0 Å². The van der Waals surface area contributed by atoms with Crippen molar-refractivity contribution in [3.63, 3.8) is 0 Å². The van der Waals surface area contributed by atoms with Crippen molar-refractivity contribution in [3.05, 3.63) is 42.5 Å². The van der Waals surface area contributed by atoms with Crippen LogP contribution >= 0.6 is 0 Å². The zero-order valence-electron chi connectivity index (χ0n) is 10.0. The molecular weight excluding hydrogens is 198 g/mol. The van der Waals surface area contributed by atoms with E-state index < -0.39 is 0 Å². The SMILES string of the molecule is CC(C)(C)Cc1ccc(-n2cccn2)cn1. The molecule has 2 aromatic rings. The first-order valence-electron chi connectivity index (χ1n) is 5.49. The summed E-state index contributed by atoms with van der Waals surface area (Å²) in [5, 5.41) is 4.17. The molecule has 3 nitrogen and oxygen atoms in total. The monoisotopic (exact) mass is 215 g/mol. The molecule has 2 rings (SSSR count). The minimum absolute atomic E-state index is 0.278. The van der Waals surface area contributed by atoms with Gasteiger partial charge >= 0.3 is 0 Å². The van der Waals surface area contributed by atoms with Crippen molar-refractivity contribution in [3.8, 4) is 5.69 Å². The molecular formula is C13H17N3. The van der Waals surface area contributed by atoms with Gasteiger partial charge in [0.25, 0.3) is 0 Å². The molecule has 0 amide bonds. The first-order valence-corrected chi connectivity index (χ1v) is 5.49. The van der Waals surface area contributed by atoms with Crippen LogP contribution in [-0.2, 0) is 6.42 Å². The molecule has 0 unspecified atom stereocenters. The zero-order valence-corrected chi connectivity index (χ0v) is 10.0. The summed E-state index contributed by atoms with van der Waals surface area (Å²) in [5.74, 6) is 0. The third-order valence-electron chi connectivity index (χ3n) is 2.29. The highest BCUT2D eigenvalue weighted by atomic mass is 15.3. The number of hydrogen-bond acceptors (Lipinski definition) is 2. The van der Waals surface area contributed by atoms with E-state index in [1.807, 2.05) is 23.1 Å². The van der Waals surface area contributed by atoms with Crippen molar-refractivity contribution in [2.75, 3.05) is 0 Å². The van der Waals surface area contributed by atoms with Gasteiger partial charge in [-0.25, -0.2) is 4.68 Å². The van der Waals surface area contributed by atoms with Gasteiger partial charge in [0, 0.05) is 18.1 Å². The second-order valence-corrected chi connectivity index (χ2v) is 5.20. The highest BCUT2D eigenvalue weighted by Gasteiger charge is 2.11. The van der Waals surface area contributed by atoms with Gasteiger partial charge in [-0.2, -0.15) is 5.10 Å². The molecule has 0 N–H and O–H groups in total. The Morgan fingerprint density at radius 1 is 1.25 bits per heavy atom. The van der Waals surface area contributed by atoms with Gasteiger partial charge in [0.15, 0.2) is 0 Å². The van der Waals surface area contributed by atoms with E-state index in [-0.39, 0.29) is 5.41 Å². The maximum atomic E-state index is 4.46. The fourth-order valence-corrected chi connectivity index (χ4v) is 1.62. The van der Waals surface area contributed by atoms with Crippen LogP contribution in [0.3, 0.4) is 0 Å². The Morgan fingerprint density at radius 3 is 2.56 bits per heavy atom. The van der Waals surface area contributed by atoms with Crippen LogP contribution in [0.25, 0.3) is 5.69 Å². The van der Waals surface area contributed by atoms with E-state index in [1.54, 1.807) is 6.20 Å². The third-order valence-corrected chi connectivity index (χ3v) is 2.29. The number of rotatable bonds is 2. The fraction of sp³-hybridized carbons (Fsp3) is 0.385. The lowest BCUT2D eigenvalue weighted by molar-refractivity contribution is 0.406. The Kier molecular flexibility index (Phi) is 2.77. The van der Waals surface area contributed by atoms with Crippen molar-refractivity contribution < 1.29 is 0 Å². The van der Waals surface area contributed by atoms with E-state index in [1.165, 1.54) is 0 Å². The maximum absolute atomic E-state index is 4.46. The van der Waals surface area contributed by atoms with E-state index in [0.717, 1.165) is 17.8 Å². The van der Waals surface area contributed by atoms with Crippen molar-refractivity contribution in [1.82, 2.24) is 14.8 Å². The van der Waals surface area contributed by atoms with Crippen molar-refractivity contribution in [1.29, 1.82) is 0 Å². The Balaban J connectivity index is 2.17. The Hall–Kier alpha value is -1.64. The lowest BCUT2D eigenvalue weighted by Crippen LogP contribution is -2.10. The standard InChI is InChI=1S/C13H17N3/c1-13(2,3)9-11-5-6-12(10-14-11)16-8-4-7-15-16/h4-8,10H,9H2,1-3H3. The summed E-state index contributed by atoms with van der Waals surface area (Å²) in [5.41, 5.74) is 2.41. The summed E-state index contributed by atoms with van der Waals surface area (Å²) in [6.45, 7) is 6.66. The van der Waals surface area contributed by atoms with Gasteiger partial charge in [0.05, 0.1) is 11.9 Å². The molecule has 0 atom stereocenters. The predicted octanol–water partition coefficient (Wildman–Crippen LogP) is 2.86. The Labute approximate surface area is 96.1 Å². The smallest absolute Gasteiger partial charge is 0.0828 e. The molecule has 0 saturated heterocycles. The van der Waals surface area contributed by atoms with Gasteiger partial charge in [0.2, 0.25) is 0 Å². The van der Waals surface area contributed by atoms with E-state index in [4.69, 9.17) is 0 Å². The zero-order chi connectivity index (χ0) is 11.6. The lowest BCUT2D eigenvalue weighted by atomic mass is 9.90. The first kappa shape index (κ1) is 10.9. The number of nitrogens with zero attached hydrogens (tertiary/aromatic N) is 3. The average Bonchev–Trinajstić information content (AvgIpc) is 2.69. The minimum atomic E-state index is 0.278. The van der Waals surface area contributed by atoms with Crippen molar-refractivity contribution >= 4 is 0 Å². The lowest BCUT2D eigenvalue weighted by Gasteiger charge is -2.17. The van der Waals surface area contributed by atoms with Gasteiger partial charge in [-0.3, -0.25) is 4.98 Å². The molecule has 0 saturated carbocycles. The Bertz CT molecular complexity index is 435. The third kappa shape index (κ3) is 2.69. The van der Waals surface area contributed by atoms with Crippen LogP contribution < -0.4 is 0 Å². The normalized spacial score (nSPS) is 11.7. The largest absolute Gasteiger partial charge is 0.259 e. The summed E-state index contributed by atoms with van der Waals surface area (Å²) in [7, 11) is 0. The topological polar surface area (TPSA) is 30.7 Å². The molecule has 0 fully saturated rings. The molecule has 0 aliphatic heterocycles. The highest BCUT2D eigenvalue weighted by molar-refractivity contribution is 5.28. The van der Waals surface area contributed by atoms with Crippen LogP contribution in [0.5, 0.6) is 0 Å². The number of pyridine rings is 1. The molecule has 0 bridgehead atoms. The second-order valence-electron chi connectivity index (χ2n) is 5.20. The summed E-state index contributed by atoms with van der Waals surface area (Å²) < 4.78 is 1.81. The highest BCUT2D eigenvalue weighted by Crippen LogP contribution is 2.19. The molecule has 84 valence electrons. The van der Waals surface area contributed by atoms with E-state index in [0.29, 0.717) is 0 Å². The van der Waals surface area contributed by atoms with Gasteiger partial charge in [-0.05, 0) is 30.0 Å². The minimum Gasteiger partial charge on any atom is -0.259 e. The molecule has 0 aliphatic carbocycles.